The molecule has 25 heavy (non-hydrogen) atoms. The quantitative estimate of drug-likeness (QED) is 0.705. The summed E-state index contributed by atoms with van der Waals surface area (Å²) in [6.45, 7) is 2.56. The number of para-hydroxylation sites is 1. The molecule has 2 aromatic rings. The first kappa shape index (κ1) is 18.9. The van der Waals surface area contributed by atoms with E-state index in [0.717, 1.165) is 16.4 Å². The SMILES string of the molecule is COc1ccccc1SCC(C)CNC(=O)c1cccc(C(=O)O)c1. The van der Waals surface area contributed by atoms with Gasteiger partial charge >= 0.3 is 5.97 Å². The number of carboxylic acid groups (broad SMARTS) is 1. The van der Waals surface area contributed by atoms with E-state index in [4.69, 9.17) is 9.84 Å². The van der Waals surface area contributed by atoms with Crippen LogP contribution >= 0.6 is 11.8 Å². The monoisotopic (exact) mass is 359 g/mol. The Bertz CT molecular complexity index is 748. The summed E-state index contributed by atoms with van der Waals surface area (Å²) in [6.07, 6.45) is 0. The molecule has 0 spiro atoms. The Morgan fingerprint density at radius 1 is 1.16 bits per heavy atom. The van der Waals surface area contributed by atoms with Gasteiger partial charge in [-0.1, -0.05) is 25.1 Å². The number of thioether (sulfide) groups is 1. The summed E-state index contributed by atoms with van der Waals surface area (Å²) in [7, 11) is 1.65. The zero-order valence-corrected chi connectivity index (χ0v) is 15.0. The van der Waals surface area contributed by atoms with Crippen molar-refractivity contribution in [1.82, 2.24) is 5.32 Å². The number of benzene rings is 2. The van der Waals surface area contributed by atoms with Gasteiger partial charge in [0.25, 0.3) is 5.91 Å². The third kappa shape index (κ3) is 5.53. The molecule has 0 aliphatic carbocycles. The van der Waals surface area contributed by atoms with Crippen molar-refractivity contribution in [3.8, 4) is 5.75 Å². The number of aromatic carboxylic acids is 1. The maximum atomic E-state index is 12.2. The van der Waals surface area contributed by atoms with Crippen LogP contribution in [0.5, 0.6) is 5.75 Å². The molecule has 0 aromatic heterocycles. The van der Waals surface area contributed by atoms with Gasteiger partial charge in [0.15, 0.2) is 0 Å². The Morgan fingerprint density at radius 3 is 2.60 bits per heavy atom. The van der Waals surface area contributed by atoms with Crippen LogP contribution in [0.4, 0.5) is 0 Å². The molecule has 0 heterocycles. The van der Waals surface area contributed by atoms with Crippen molar-refractivity contribution < 1.29 is 19.4 Å². The van der Waals surface area contributed by atoms with Crippen molar-refractivity contribution in [3.63, 3.8) is 0 Å². The van der Waals surface area contributed by atoms with Crippen LogP contribution in [0.25, 0.3) is 0 Å². The molecular weight excluding hydrogens is 338 g/mol. The maximum absolute atomic E-state index is 12.2. The number of rotatable bonds is 8. The maximum Gasteiger partial charge on any atom is 0.335 e. The zero-order chi connectivity index (χ0) is 18.2. The molecule has 1 atom stereocenters. The molecule has 0 bridgehead atoms. The molecule has 5 nitrogen and oxygen atoms in total. The molecule has 0 saturated heterocycles. The minimum atomic E-state index is -1.05. The van der Waals surface area contributed by atoms with Gasteiger partial charge in [-0.2, -0.15) is 0 Å². The Labute approximate surface area is 151 Å². The number of nitrogens with one attached hydrogen (secondary N) is 1. The molecule has 0 saturated carbocycles. The van der Waals surface area contributed by atoms with E-state index in [2.05, 4.69) is 12.2 Å². The van der Waals surface area contributed by atoms with E-state index < -0.39 is 5.97 Å². The molecule has 2 N–H and O–H groups in total. The zero-order valence-electron chi connectivity index (χ0n) is 14.2. The molecular formula is C19H21NO4S. The average Bonchev–Trinajstić information content (AvgIpc) is 2.64. The minimum absolute atomic E-state index is 0.104. The summed E-state index contributed by atoms with van der Waals surface area (Å²) < 4.78 is 5.33. The fourth-order valence-electron chi connectivity index (χ4n) is 2.19. The highest BCUT2D eigenvalue weighted by atomic mass is 32.2. The number of amides is 1. The van der Waals surface area contributed by atoms with Crippen molar-refractivity contribution in [3.05, 3.63) is 59.7 Å². The average molecular weight is 359 g/mol. The number of carbonyl (C=O) groups is 2. The molecule has 0 fully saturated rings. The summed E-state index contributed by atoms with van der Waals surface area (Å²) in [5.74, 6) is 0.611. The summed E-state index contributed by atoms with van der Waals surface area (Å²) in [6, 6.07) is 13.8. The molecule has 1 amide bonds. The smallest absolute Gasteiger partial charge is 0.335 e. The fraction of sp³-hybridized carbons (Fsp3) is 0.263. The number of ether oxygens (including phenoxy) is 1. The normalized spacial score (nSPS) is 11.6. The molecule has 0 aliphatic rings. The third-order valence-corrected chi connectivity index (χ3v) is 4.96. The molecule has 6 heteroatoms. The van der Waals surface area contributed by atoms with Crippen molar-refractivity contribution in [2.45, 2.75) is 11.8 Å². The van der Waals surface area contributed by atoms with E-state index in [0.29, 0.717) is 12.1 Å². The molecule has 0 radical (unpaired) electrons. The van der Waals surface area contributed by atoms with Crippen LogP contribution in [0.1, 0.15) is 27.6 Å². The molecule has 1 unspecified atom stereocenters. The summed E-state index contributed by atoms with van der Waals surface area (Å²) in [4.78, 5) is 24.2. The van der Waals surface area contributed by atoms with E-state index in [9.17, 15) is 9.59 Å². The summed E-state index contributed by atoms with van der Waals surface area (Å²) in [5.41, 5.74) is 0.455. The number of carboxylic acids is 1. The topological polar surface area (TPSA) is 75.6 Å². The highest BCUT2D eigenvalue weighted by Gasteiger charge is 2.12. The number of carbonyl (C=O) groups excluding carboxylic acids is 1. The summed E-state index contributed by atoms with van der Waals surface area (Å²) >= 11 is 1.68. The van der Waals surface area contributed by atoms with Gasteiger partial charge in [0, 0.05) is 22.8 Å². The lowest BCUT2D eigenvalue weighted by Crippen LogP contribution is -2.29. The Morgan fingerprint density at radius 2 is 1.88 bits per heavy atom. The third-order valence-electron chi connectivity index (χ3n) is 3.58. The van der Waals surface area contributed by atoms with Gasteiger partial charge in [-0.3, -0.25) is 4.79 Å². The minimum Gasteiger partial charge on any atom is -0.496 e. The van der Waals surface area contributed by atoms with Gasteiger partial charge in [0.05, 0.1) is 12.7 Å². The van der Waals surface area contributed by atoms with Crippen LogP contribution in [0.3, 0.4) is 0 Å². The number of hydrogen-bond acceptors (Lipinski definition) is 4. The Kier molecular flexibility index (Phi) is 6.89. The second-order valence-electron chi connectivity index (χ2n) is 5.66. The van der Waals surface area contributed by atoms with E-state index >= 15 is 0 Å². The molecule has 0 aliphatic heterocycles. The predicted molar refractivity (Wildman–Crippen MR) is 98.6 cm³/mol. The second kappa shape index (κ2) is 9.13. The first-order chi connectivity index (χ1) is 12.0. The fourth-order valence-corrected chi connectivity index (χ4v) is 3.24. The van der Waals surface area contributed by atoms with Crippen LogP contribution in [-0.4, -0.2) is 36.4 Å². The highest BCUT2D eigenvalue weighted by molar-refractivity contribution is 7.99. The lowest BCUT2D eigenvalue weighted by molar-refractivity contribution is 0.0697. The van der Waals surface area contributed by atoms with E-state index in [-0.39, 0.29) is 17.4 Å². The van der Waals surface area contributed by atoms with Gasteiger partial charge < -0.3 is 15.2 Å². The van der Waals surface area contributed by atoms with Gasteiger partial charge in [0.2, 0.25) is 0 Å². The first-order valence-corrected chi connectivity index (χ1v) is 8.87. The number of hydrogen-bond donors (Lipinski definition) is 2. The van der Waals surface area contributed by atoms with Crippen LogP contribution in [-0.2, 0) is 0 Å². The highest BCUT2D eigenvalue weighted by Crippen LogP contribution is 2.29. The largest absolute Gasteiger partial charge is 0.496 e. The van der Waals surface area contributed by atoms with E-state index in [1.165, 1.54) is 12.1 Å². The molecule has 2 rings (SSSR count). The van der Waals surface area contributed by atoms with Gasteiger partial charge in [-0.15, -0.1) is 11.8 Å². The Hall–Kier alpha value is -2.47. The molecule has 132 valence electrons. The van der Waals surface area contributed by atoms with Gasteiger partial charge in [-0.05, 0) is 36.2 Å². The van der Waals surface area contributed by atoms with Gasteiger partial charge in [-0.25, -0.2) is 4.79 Å². The number of methoxy groups -OCH3 is 1. The lowest BCUT2D eigenvalue weighted by atomic mass is 10.1. The van der Waals surface area contributed by atoms with Crippen LogP contribution < -0.4 is 10.1 Å². The van der Waals surface area contributed by atoms with Crippen LogP contribution in [0, 0.1) is 5.92 Å². The van der Waals surface area contributed by atoms with E-state index in [1.807, 2.05) is 24.3 Å². The van der Waals surface area contributed by atoms with Crippen LogP contribution in [0.2, 0.25) is 0 Å². The Balaban J connectivity index is 1.85. The van der Waals surface area contributed by atoms with Crippen molar-refractivity contribution >= 4 is 23.6 Å². The van der Waals surface area contributed by atoms with Gasteiger partial charge in [0.1, 0.15) is 5.75 Å². The lowest BCUT2D eigenvalue weighted by Gasteiger charge is -2.14. The van der Waals surface area contributed by atoms with Crippen LogP contribution in [0.15, 0.2) is 53.4 Å². The van der Waals surface area contributed by atoms with E-state index in [1.54, 1.807) is 31.0 Å². The standard InChI is InChI=1S/C19H21NO4S/c1-13(12-25-17-9-4-3-8-16(17)24-2)11-20-18(21)14-6-5-7-15(10-14)19(22)23/h3-10,13H,11-12H2,1-2H3,(H,20,21)(H,22,23). The summed E-state index contributed by atoms with van der Waals surface area (Å²) in [5, 5.41) is 11.8. The van der Waals surface area contributed by atoms with Crippen molar-refractivity contribution in [1.29, 1.82) is 0 Å². The first-order valence-electron chi connectivity index (χ1n) is 7.88. The predicted octanol–water partition coefficient (Wildman–Crippen LogP) is 3.55. The second-order valence-corrected chi connectivity index (χ2v) is 6.72. The molecule has 2 aromatic carbocycles. The van der Waals surface area contributed by atoms with Crippen molar-refractivity contribution in [2.24, 2.45) is 5.92 Å². The van der Waals surface area contributed by atoms with Crippen molar-refractivity contribution in [2.75, 3.05) is 19.4 Å².